The van der Waals surface area contributed by atoms with Gasteiger partial charge in [-0.25, -0.2) is 0 Å². The van der Waals surface area contributed by atoms with Crippen molar-refractivity contribution in [1.29, 1.82) is 0 Å². The second-order valence-electron chi connectivity index (χ2n) is 4.83. The minimum atomic E-state index is -0.819. The molecule has 2 rings (SSSR count). The molecule has 19 heavy (non-hydrogen) atoms. The summed E-state index contributed by atoms with van der Waals surface area (Å²) in [5.74, 6) is -1.34. The van der Waals surface area contributed by atoms with E-state index >= 15 is 0 Å². The topological polar surface area (TPSA) is 57.6 Å². The Morgan fingerprint density at radius 3 is 2.58 bits per heavy atom. The van der Waals surface area contributed by atoms with E-state index in [1.807, 2.05) is 31.4 Å². The van der Waals surface area contributed by atoms with Crippen molar-refractivity contribution < 1.29 is 14.7 Å². The van der Waals surface area contributed by atoms with Crippen LogP contribution in [0.4, 0.5) is 0 Å². The van der Waals surface area contributed by atoms with Crippen molar-refractivity contribution in [3.63, 3.8) is 0 Å². The highest BCUT2D eigenvalue weighted by Crippen LogP contribution is 2.27. The number of rotatable bonds is 3. The van der Waals surface area contributed by atoms with Gasteiger partial charge in [-0.15, -0.1) is 11.8 Å². The van der Waals surface area contributed by atoms with Gasteiger partial charge in [0.05, 0.1) is 11.5 Å². The lowest BCUT2D eigenvalue weighted by Crippen LogP contribution is -2.30. The van der Waals surface area contributed by atoms with Crippen LogP contribution < -0.4 is 0 Å². The molecule has 2 unspecified atom stereocenters. The molecule has 0 spiro atoms. The molecule has 102 valence electrons. The summed E-state index contributed by atoms with van der Waals surface area (Å²) in [6.07, 6.45) is 1.93. The Labute approximate surface area is 116 Å². The van der Waals surface area contributed by atoms with Crippen molar-refractivity contribution in [2.75, 3.05) is 19.3 Å². The van der Waals surface area contributed by atoms with Gasteiger partial charge in [-0.05, 0) is 24.3 Å². The highest BCUT2D eigenvalue weighted by molar-refractivity contribution is 7.98. The second-order valence-corrected chi connectivity index (χ2v) is 5.68. The first-order valence-electron chi connectivity index (χ1n) is 6.19. The molecule has 0 radical (unpaired) electrons. The molecule has 1 aromatic carbocycles. The van der Waals surface area contributed by atoms with Crippen LogP contribution in [0.2, 0.25) is 0 Å². The number of likely N-dealkylation sites (tertiary alicyclic amines) is 1. The van der Waals surface area contributed by atoms with Crippen LogP contribution in [0, 0.1) is 11.8 Å². The monoisotopic (exact) mass is 279 g/mol. The van der Waals surface area contributed by atoms with E-state index in [1.54, 1.807) is 11.0 Å². The molecule has 0 aromatic heterocycles. The van der Waals surface area contributed by atoms with Gasteiger partial charge in [-0.3, -0.25) is 9.59 Å². The van der Waals surface area contributed by atoms with Crippen molar-refractivity contribution >= 4 is 23.6 Å². The van der Waals surface area contributed by atoms with Gasteiger partial charge in [-0.2, -0.15) is 0 Å². The fourth-order valence-electron chi connectivity index (χ4n) is 2.45. The van der Waals surface area contributed by atoms with Crippen LogP contribution >= 0.6 is 11.8 Å². The average molecular weight is 279 g/mol. The molecule has 1 saturated heterocycles. The molecule has 1 heterocycles. The second kappa shape index (κ2) is 5.65. The van der Waals surface area contributed by atoms with Crippen LogP contribution in [-0.2, 0) is 4.79 Å². The Bertz CT molecular complexity index is 503. The van der Waals surface area contributed by atoms with Crippen LogP contribution in [0.15, 0.2) is 29.2 Å². The highest BCUT2D eigenvalue weighted by Gasteiger charge is 2.37. The zero-order chi connectivity index (χ0) is 14.0. The van der Waals surface area contributed by atoms with Gasteiger partial charge in [0, 0.05) is 18.0 Å². The normalized spacial score (nSPS) is 22.5. The fraction of sp³-hybridized carbons (Fsp3) is 0.429. The van der Waals surface area contributed by atoms with Gasteiger partial charge in [0.1, 0.15) is 0 Å². The number of carboxylic acids is 1. The maximum absolute atomic E-state index is 12.5. The van der Waals surface area contributed by atoms with Gasteiger partial charge in [0.25, 0.3) is 5.91 Å². The zero-order valence-corrected chi connectivity index (χ0v) is 11.8. The number of carboxylic acid groups (broad SMARTS) is 1. The number of nitrogens with zero attached hydrogens (tertiary/aromatic N) is 1. The maximum Gasteiger partial charge on any atom is 0.308 e. The summed E-state index contributed by atoms with van der Waals surface area (Å²) < 4.78 is 0. The summed E-state index contributed by atoms with van der Waals surface area (Å²) in [6.45, 7) is 2.70. The third kappa shape index (κ3) is 2.76. The SMILES string of the molecule is CSc1ccccc1C(=O)N1CC(C)C(C(=O)O)C1. The summed E-state index contributed by atoms with van der Waals surface area (Å²) in [7, 11) is 0. The molecule has 1 amide bonds. The Balaban J connectivity index is 2.19. The summed E-state index contributed by atoms with van der Waals surface area (Å²) in [6, 6.07) is 7.44. The Hall–Kier alpha value is -1.49. The first-order valence-corrected chi connectivity index (χ1v) is 7.42. The number of benzene rings is 1. The number of hydrogen-bond acceptors (Lipinski definition) is 3. The lowest BCUT2D eigenvalue weighted by Gasteiger charge is -2.17. The van der Waals surface area contributed by atoms with Crippen molar-refractivity contribution in [3.05, 3.63) is 29.8 Å². The van der Waals surface area contributed by atoms with Crippen molar-refractivity contribution in [2.45, 2.75) is 11.8 Å². The predicted molar refractivity (Wildman–Crippen MR) is 74.4 cm³/mol. The molecule has 1 aromatic rings. The molecule has 4 nitrogen and oxygen atoms in total. The number of hydrogen-bond donors (Lipinski definition) is 1. The summed E-state index contributed by atoms with van der Waals surface area (Å²) in [5, 5.41) is 9.11. The quantitative estimate of drug-likeness (QED) is 0.862. The van der Waals surface area contributed by atoms with Gasteiger partial charge in [-0.1, -0.05) is 19.1 Å². The van der Waals surface area contributed by atoms with E-state index in [-0.39, 0.29) is 11.8 Å². The van der Waals surface area contributed by atoms with E-state index in [0.29, 0.717) is 18.7 Å². The van der Waals surface area contributed by atoms with Gasteiger partial charge >= 0.3 is 5.97 Å². The average Bonchev–Trinajstić information content (AvgIpc) is 2.80. The Morgan fingerprint density at radius 2 is 2.00 bits per heavy atom. The van der Waals surface area contributed by atoms with Crippen LogP contribution in [0.1, 0.15) is 17.3 Å². The molecule has 5 heteroatoms. The van der Waals surface area contributed by atoms with Crippen molar-refractivity contribution in [1.82, 2.24) is 4.90 Å². The lowest BCUT2D eigenvalue weighted by atomic mass is 9.99. The molecule has 0 saturated carbocycles. The van der Waals surface area contributed by atoms with E-state index in [0.717, 1.165) is 4.90 Å². The first-order chi connectivity index (χ1) is 9.04. The van der Waals surface area contributed by atoms with Gasteiger partial charge in [0.15, 0.2) is 0 Å². The molecule has 1 N–H and O–H groups in total. The summed E-state index contributed by atoms with van der Waals surface area (Å²) in [5.41, 5.74) is 0.660. The Kier molecular flexibility index (Phi) is 4.14. The molecule has 0 bridgehead atoms. The summed E-state index contributed by atoms with van der Waals surface area (Å²) in [4.78, 5) is 26.1. The fourth-order valence-corrected chi connectivity index (χ4v) is 3.04. The van der Waals surface area contributed by atoms with Crippen molar-refractivity contribution in [2.24, 2.45) is 11.8 Å². The van der Waals surface area contributed by atoms with Gasteiger partial charge in [0.2, 0.25) is 0 Å². The highest BCUT2D eigenvalue weighted by atomic mass is 32.2. The van der Waals surface area contributed by atoms with E-state index in [2.05, 4.69) is 0 Å². The van der Waals surface area contributed by atoms with Crippen molar-refractivity contribution in [3.8, 4) is 0 Å². The number of aliphatic carboxylic acids is 1. The predicted octanol–water partition coefficient (Wildman–Crippen LogP) is 2.20. The number of carbonyl (C=O) groups is 2. The molecule has 1 aliphatic heterocycles. The van der Waals surface area contributed by atoms with E-state index in [4.69, 9.17) is 5.11 Å². The Morgan fingerprint density at radius 1 is 1.32 bits per heavy atom. The number of amides is 1. The third-order valence-electron chi connectivity index (χ3n) is 3.55. The molecule has 1 fully saturated rings. The number of carbonyl (C=O) groups excluding carboxylic acids is 1. The zero-order valence-electron chi connectivity index (χ0n) is 11.0. The minimum absolute atomic E-state index is 0.00268. The molecular weight excluding hydrogens is 262 g/mol. The molecule has 0 aliphatic carbocycles. The van der Waals surface area contributed by atoms with E-state index in [9.17, 15) is 9.59 Å². The van der Waals surface area contributed by atoms with Crippen LogP contribution in [-0.4, -0.2) is 41.2 Å². The van der Waals surface area contributed by atoms with Crippen LogP contribution in [0.25, 0.3) is 0 Å². The lowest BCUT2D eigenvalue weighted by molar-refractivity contribution is -0.142. The molecule has 1 aliphatic rings. The summed E-state index contributed by atoms with van der Waals surface area (Å²) >= 11 is 1.53. The first kappa shape index (κ1) is 13.9. The molecular formula is C14H17NO3S. The smallest absolute Gasteiger partial charge is 0.308 e. The van der Waals surface area contributed by atoms with E-state index in [1.165, 1.54) is 11.8 Å². The molecule has 2 atom stereocenters. The van der Waals surface area contributed by atoms with E-state index < -0.39 is 11.9 Å². The largest absolute Gasteiger partial charge is 0.481 e. The minimum Gasteiger partial charge on any atom is -0.481 e. The van der Waals surface area contributed by atoms with Crippen LogP contribution in [0.5, 0.6) is 0 Å². The third-order valence-corrected chi connectivity index (χ3v) is 4.35. The number of thioether (sulfide) groups is 1. The standard InChI is InChI=1S/C14H17NO3S/c1-9-7-15(8-11(9)14(17)18)13(16)10-5-3-4-6-12(10)19-2/h3-6,9,11H,7-8H2,1-2H3,(H,17,18). The van der Waals surface area contributed by atoms with Gasteiger partial charge < -0.3 is 10.0 Å². The van der Waals surface area contributed by atoms with Crippen LogP contribution in [0.3, 0.4) is 0 Å². The maximum atomic E-state index is 12.5.